The number of likely N-dealkylation sites (tertiary alicyclic amines) is 2. The highest BCUT2D eigenvalue weighted by molar-refractivity contribution is 5.75. The molecule has 0 bridgehead atoms. The average Bonchev–Trinajstić information content (AvgIpc) is 2.93. The third kappa shape index (κ3) is 4.21. The Morgan fingerprint density at radius 1 is 1.10 bits per heavy atom. The van der Waals surface area contributed by atoms with Crippen LogP contribution in [0.4, 0.5) is 0 Å². The summed E-state index contributed by atoms with van der Waals surface area (Å²) in [7, 11) is 0. The van der Waals surface area contributed by atoms with Crippen LogP contribution in [-0.4, -0.2) is 48.4 Å². The topological polar surface area (TPSA) is 23.6 Å². The van der Waals surface area contributed by atoms with Crippen LogP contribution < -0.4 is 0 Å². The second kappa shape index (κ2) is 7.44. The first kappa shape index (κ1) is 15.8. The van der Waals surface area contributed by atoms with Crippen molar-refractivity contribution in [2.45, 2.75) is 52.9 Å². The number of amides is 1. The molecule has 0 N–H and O–H groups in total. The van der Waals surface area contributed by atoms with E-state index in [0.29, 0.717) is 12.3 Å². The molecule has 1 atom stereocenters. The largest absolute Gasteiger partial charge is 0.343 e. The Labute approximate surface area is 124 Å². The maximum atomic E-state index is 11.7. The highest BCUT2D eigenvalue weighted by Crippen LogP contribution is 2.32. The number of hydrogen-bond donors (Lipinski definition) is 0. The van der Waals surface area contributed by atoms with E-state index in [4.69, 9.17) is 0 Å². The molecule has 3 heteroatoms. The van der Waals surface area contributed by atoms with Gasteiger partial charge in [-0.1, -0.05) is 20.8 Å². The lowest BCUT2D eigenvalue weighted by atomic mass is 9.83. The van der Waals surface area contributed by atoms with Gasteiger partial charge in [0.1, 0.15) is 0 Å². The van der Waals surface area contributed by atoms with Crippen LogP contribution in [0, 0.1) is 17.8 Å². The van der Waals surface area contributed by atoms with Crippen molar-refractivity contribution in [2.75, 3.05) is 32.7 Å². The van der Waals surface area contributed by atoms with Gasteiger partial charge in [-0.2, -0.15) is 0 Å². The predicted molar refractivity (Wildman–Crippen MR) is 83.6 cm³/mol. The molecule has 2 saturated heterocycles. The molecule has 0 radical (unpaired) electrons. The summed E-state index contributed by atoms with van der Waals surface area (Å²) in [5, 5.41) is 0. The van der Waals surface area contributed by atoms with Crippen LogP contribution in [0.2, 0.25) is 0 Å². The van der Waals surface area contributed by atoms with Crippen molar-refractivity contribution in [3.63, 3.8) is 0 Å². The van der Waals surface area contributed by atoms with Crippen LogP contribution >= 0.6 is 0 Å². The SMILES string of the molecule is CCC(=O)N1CCC(C2CCN(CCC(C)C)C2)CC1. The van der Waals surface area contributed by atoms with Gasteiger partial charge in [0.25, 0.3) is 0 Å². The number of carbonyl (C=O) groups is 1. The van der Waals surface area contributed by atoms with Crippen molar-refractivity contribution in [1.29, 1.82) is 0 Å². The highest BCUT2D eigenvalue weighted by atomic mass is 16.2. The molecule has 20 heavy (non-hydrogen) atoms. The summed E-state index contributed by atoms with van der Waals surface area (Å²) in [6.07, 6.45) is 5.83. The zero-order chi connectivity index (χ0) is 14.5. The van der Waals surface area contributed by atoms with Crippen molar-refractivity contribution >= 4 is 5.91 Å². The van der Waals surface area contributed by atoms with E-state index in [9.17, 15) is 4.79 Å². The monoisotopic (exact) mass is 280 g/mol. The zero-order valence-electron chi connectivity index (χ0n) is 13.6. The molecule has 3 nitrogen and oxygen atoms in total. The molecule has 2 rings (SSSR count). The molecule has 2 aliphatic rings. The first-order valence-electron chi connectivity index (χ1n) is 8.60. The van der Waals surface area contributed by atoms with Crippen LogP contribution in [0.25, 0.3) is 0 Å². The summed E-state index contributed by atoms with van der Waals surface area (Å²) in [6.45, 7) is 12.5. The Hall–Kier alpha value is -0.570. The molecule has 2 fully saturated rings. The van der Waals surface area contributed by atoms with E-state index < -0.39 is 0 Å². The van der Waals surface area contributed by atoms with Crippen LogP contribution in [-0.2, 0) is 4.79 Å². The number of rotatable bonds is 5. The van der Waals surface area contributed by atoms with Crippen LogP contribution in [0.5, 0.6) is 0 Å². The molecule has 0 spiro atoms. The van der Waals surface area contributed by atoms with E-state index in [-0.39, 0.29) is 0 Å². The Kier molecular flexibility index (Phi) is 5.88. The van der Waals surface area contributed by atoms with Crippen molar-refractivity contribution in [3.8, 4) is 0 Å². The molecular weight excluding hydrogens is 248 g/mol. The van der Waals surface area contributed by atoms with Crippen molar-refractivity contribution in [3.05, 3.63) is 0 Å². The summed E-state index contributed by atoms with van der Waals surface area (Å²) >= 11 is 0. The minimum atomic E-state index is 0.341. The summed E-state index contributed by atoms with van der Waals surface area (Å²) in [4.78, 5) is 16.4. The highest BCUT2D eigenvalue weighted by Gasteiger charge is 2.32. The molecule has 116 valence electrons. The quantitative estimate of drug-likeness (QED) is 0.773. The summed E-state index contributed by atoms with van der Waals surface area (Å²) in [5.41, 5.74) is 0. The van der Waals surface area contributed by atoms with E-state index >= 15 is 0 Å². The molecule has 1 amide bonds. The molecule has 1 unspecified atom stereocenters. The van der Waals surface area contributed by atoms with Gasteiger partial charge in [-0.15, -0.1) is 0 Å². The predicted octanol–water partition coefficient (Wildman–Crippen LogP) is 3.00. The maximum absolute atomic E-state index is 11.7. The molecule has 2 heterocycles. The van der Waals surface area contributed by atoms with E-state index in [1.54, 1.807) is 0 Å². The summed E-state index contributed by atoms with van der Waals surface area (Å²) in [6, 6.07) is 0. The third-order valence-electron chi connectivity index (χ3n) is 5.19. The molecule has 0 saturated carbocycles. The number of piperidine rings is 1. The van der Waals surface area contributed by atoms with E-state index in [1.165, 1.54) is 45.3 Å². The summed E-state index contributed by atoms with van der Waals surface area (Å²) < 4.78 is 0. The van der Waals surface area contributed by atoms with E-state index in [0.717, 1.165) is 30.8 Å². The van der Waals surface area contributed by atoms with Crippen molar-refractivity contribution in [1.82, 2.24) is 9.80 Å². The van der Waals surface area contributed by atoms with Gasteiger partial charge < -0.3 is 9.80 Å². The fraction of sp³-hybridized carbons (Fsp3) is 0.941. The van der Waals surface area contributed by atoms with Crippen LogP contribution in [0.1, 0.15) is 52.9 Å². The van der Waals surface area contributed by atoms with Gasteiger partial charge in [0.2, 0.25) is 5.91 Å². The number of hydrogen-bond acceptors (Lipinski definition) is 2. The molecule has 0 aromatic rings. The maximum Gasteiger partial charge on any atom is 0.222 e. The minimum Gasteiger partial charge on any atom is -0.343 e. The molecule has 2 aliphatic heterocycles. The average molecular weight is 280 g/mol. The van der Waals surface area contributed by atoms with E-state index in [2.05, 4.69) is 23.6 Å². The Balaban J connectivity index is 1.71. The third-order valence-corrected chi connectivity index (χ3v) is 5.19. The van der Waals surface area contributed by atoms with Gasteiger partial charge in [0.15, 0.2) is 0 Å². The van der Waals surface area contributed by atoms with Crippen LogP contribution in [0.15, 0.2) is 0 Å². The Morgan fingerprint density at radius 2 is 1.75 bits per heavy atom. The first-order chi connectivity index (χ1) is 9.60. The van der Waals surface area contributed by atoms with Gasteiger partial charge in [0, 0.05) is 26.1 Å². The fourth-order valence-corrected chi connectivity index (χ4v) is 3.74. The smallest absolute Gasteiger partial charge is 0.222 e. The second-order valence-electron chi connectivity index (χ2n) is 7.10. The Morgan fingerprint density at radius 3 is 2.35 bits per heavy atom. The van der Waals surface area contributed by atoms with Crippen molar-refractivity contribution in [2.24, 2.45) is 17.8 Å². The molecule has 0 aromatic carbocycles. The Bertz CT molecular complexity index is 308. The number of carbonyl (C=O) groups excluding carboxylic acids is 1. The minimum absolute atomic E-state index is 0.341. The molecule has 0 aliphatic carbocycles. The van der Waals surface area contributed by atoms with Gasteiger partial charge in [-0.05, 0) is 56.5 Å². The second-order valence-corrected chi connectivity index (χ2v) is 7.10. The standard InChI is InChI=1S/C17H32N2O/c1-4-17(20)19-11-7-15(8-12-19)16-6-10-18(13-16)9-5-14(2)3/h14-16H,4-13H2,1-3H3. The normalized spacial score (nSPS) is 25.6. The van der Waals surface area contributed by atoms with Gasteiger partial charge in [-0.3, -0.25) is 4.79 Å². The first-order valence-corrected chi connectivity index (χ1v) is 8.60. The lowest BCUT2D eigenvalue weighted by Crippen LogP contribution is -2.40. The molecular formula is C17H32N2O. The molecule has 0 aromatic heterocycles. The lowest BCUT2D eigenvalue weighted by Gasteiger charge is -2.34. The lowest BCUT2D eigenvalue weighted by molar-refractivity contribution is -0.132. The van der Waals surface area contributed by atoms with E-state index in [1.807, 2.05) is 6.92 Å². The fourth-order valence-electron chi connectivity index (χ4n) is 3.74. The van der Waals surface area contributed by atoms with Gasteiger partial charge >= 0.3 is 0 Å². The van der Waals surface area contributed by atoms with Crippen LogP contribution in [0.3, 0.4) is 0 Å². The van der Waals surface area contributed by atoms with Gasteiger partial charge in [-0.25, -0.2) is 0 Å². The summed E-state index contributed by atoms with van der Waals surface area (Å²) in [5.74, 6) is 2.91. The van der Waals surface area contributed by atoms with Crippen molar-refractivity contribution < 1.29 is 4.79 Å². The van der Waals surface area contributed by atoms with Gasteiger partial charge in [0.05, 0.1) is 0 Å². The zero-order valence-corrected chi connectivity index (χ0v) is 13.6. The number of nitrogens with zero attached hydrogens (tertiary/aromatic N) is 2.